The van der Waals surface area contributed by atoms with Crippen molar-refractivity contribution in [3.05, 3.63) is 29.3 Å². The molecule has 2 nitrogen and oxygen atoms in total. The first-order chi connectivity index (χ1) is 6.84. The van der Waals surface area contributed by atoms with Crippen LogP contribution in [-0.2, 0) is 0 Å². The summed E-state index contributed by atoms with van der Waals surface area (Å²) >= 11 is 0. The van der Waals surface area contributed by atoms with Crippen LogP contribution in [0.4, 0.5) is 5.69 Å². The second-order valence-corrected chi connectivity index (χ2v) is 4.44. The molecule has 0 bridgehead atoms. The summed E-state index contributed by atoms with van der Waals surface area (Å²) in [6.45, 7) is 4.46. The summed E-state index contributed by atoms with van der Waals surface area (Å²) < 4.78 is 0. The zero-order valence-corrected chi connectivity index (χ0v) is 8.51. The Morgan fingerprint density at radius 2 is 2.29 bits per heavy atom. The first-order valence-electron chi connectivity index (χ1n) is 5.42. The third kappa shape index (κ3) is 1.14. The van der Waals surface area contributed by atoms with E-state index in [-0.39, 0.29) is 0 Å². The van der Waals surface area contributed by atoms with Crippen molar-refractivity contribution >= 4 is 5.69 Å². The molecule has 2 aliphatic rings. The lowest BCUT2D eigenvalue weighted by molar-refractivity contribution is 0.440. The van der Waals surface area contributed by atoms with Crippen LogP contribution < -0.4 is 10.6 Å². The van der Waals surface area contributed by atoms with Gasteiger partial charge in [0.1, 0.15) is 0 Å². The number of piperidine rings is 1. The summed E-state index contributed by atoms with van der Waals surface area (Å²) in [5.41, 5.74) is 4.24. The van der Waals surface area contributed by atoms with E-state index in [9.17, 15) is 0 Å². The monoisotopic (exact) mass is 188 g/mol. The highest BCUT2D eigenvalue weighted by Crippen LogP contribution is 2.38. The summed E-state index contributed by atoms with van der Waals surface area (Å²) in [7, 11) is 0. The molecule has 0 aromatic heterocycles. The number of rotatable bonds is 0. The van der Waals surface area contributed by atoms with Crippen molar-refractivity contribution in [2.45, 2.75) is 25.3 Å². The summed E-state index contributed by atoms with van der Waals surface area (Å²) in [5, 5.41) is 7.10. The quantitative estimate of drug-likeness (QED) is 0.649. The average molecular weight is 188 g/mol. The van der Waals surface area contributed by atoms with Crippen molar-refractivity contribution in [1.29, 1.82) is 0 Å². The van der Waals surface area contributed by atoms with Crippen molar-refractivity contribution < 1.29 is 0 Å². The molecule has 3 rings (SSSR count). The lowest BCUT2D eigenvalue weighted by Gasteiger charge is -2.26. The van der Waals surface area contributed by atoms with Crippen LogP contribution in [-0.4, -0.2) is 19.1 Å². The van der Waals surface area contributed by atoms with Gasteiger partial charge in [-0.3, -0.25) is 0 Å². The number of hydrogen-bond acceptors (Lipinski definition) is 2. The van der Waals surface area contributed by atoms with Crippen LogP contribution in [0, 0.1) is 6.92 Å². The fourth-order valence-corrected chi connectivity index (χ4v) is 2.68. The molecule has 2 aliphatic heterocycles. The number of nitrogens with one attached hydrogen (secondary N) is 2. The van der Waals surface area contributed by atoms with Gasteiger partial charge in [-0.15, -0.1) is 0 Å². The Morgan fingerprint density at radius 1 is 1.36 bits per heavy atom. The maximum Gasteiger partial charge on any atom is 0.0379 e. The Kier molecular flexibility index (Phi) is 1.77. The van der Waals surface area contributed by atoms with E-state index in [1.165, 1.54) is 23.2 Å². The SMILES string of the molecule is Cc1ccc2c(c1)C1CNCCC1N2. The summed E-state index contributed by atoms with van der Waals surface area (Å²) in [6.07, 6.45) is 1.25. The number of fused-ring (bicyclic) bond motifs is 3. The van der Waals surface area contributed by atoms with Crippen LogP contribution >= 0.6 is 0 Å². The molecule has 1 aromatic rings. The zero-order chi connectivity index (χ0) is 9.54. The lowest BCUT2D eigenvalue weighted by atomic mass is 9.90. The predicted molar refractivity (Wildman–Crippen MR) is 58.8 cm³/mol. The van der Waals surface area contributed by atoms with Gasteiger partial charge in [0.05, 0.1) is 0 Å². The lowest BCUT2D eigenvalue weighted by Crippen LogP contribution is -2.38. The van der Waals surface area contributed by atoms with Crippen LogP contribution in [0.2, 0.25) is 0 Å². The normalized spacial score (nSPS) is 29.2. The molecule has 14 heavy (non-hydrogen) atoms. The van der Waals surface area contributed by atoms with Crippen LogP contribution in [0.1, 0.15) is 23.5 Å². The topological polar surface area (TPSA) is 24.1 Å². The molecule has 1 saturated heterocycles. The zero-order valence-electron chi connectivity index (χ0n) is 8.51. The van der Waals surface area contributed by atoms with Gasteiger partial charge >= 0.3 is 0 Å². The van der Waals surface area contributed by atoms with Gasteiger partial charge in [0.15, 0.2) is 0 Å². The molecule has 2 N–H and O–H groups in total. The predicted octanol–water partition coefficient (Wildman–Crippen LogP) is 1.87. The number of hydrogen-bond donors (Lipinski definition) is 2. The van der Waals surface area contributed by atoms with Gasteiger partial charge in [0.25, 0.3) is 0 Å². The van der Waals surface area contributed by atoms with Crippen LogP contribution in [0.3, 0.4) is 0 Å². The Balaban J connectivity index is 2.02. The molecule has 0 spiro atoms. The third-order valence-corrected chi connectivity index (χ3v) is 3.43. The van der Waals surface area contributed by atoms with Gasteiger partial charge in [-0.05, 0) is 31.5 Å². The minimum atomic E-state index is 0.674. The average Bonchev–Trinajstić information content (AvgIpc) is 2.56. The third-order valence-electron chi connectivity index (χ3n) is 3.43. The molecule has 0 saturated carbocycles. The highest BCUT2D eigenvalue weighted by molar-refractivity contribution is 5.60. The Hall–Kier alpha value is -1.02. The van der Waals surface area contributed by atoms with E-state index in [0.29, 0.717) is 12.0 Å². The van der Waals surface area contributed by atoms with Gasteiger partial charge in [0.2, 0.25) is 0 Å². The molecule has 2 heteroatoms. The van der Waals surface area contributed by atoms with Gasteiger partial charge in [-0.1, -0.05) is 17.7 Å². The largest absolute Gasteiger partial charge is 0.381 e. The van der Waals surface area contributed by atoms with Crippen molar-refractivity contribution in [3.63, 3.8) is 0 Å². The number of aryl methyl sites for hydroxylation is 1. The minimum Gasteiger partial charge on any atom is -0.381 e. The summed E-state index contributed by atoms with van der Waals surface area (Å²) in [5.74, 6) is 0.693. The van der Waals surface area contributed by atoms with Gasteiger partial charge < -0.3 is 10.6 Å². The minimum absolute atomic E-state index is 0.674. The molecule has 0 aliphatic carbocycles. The molecule has 1 aromatic carbocycles. The van der Waals surface area contributed by atoms with Gasteiger partial charge in [-0.25, -0.2) is 0 Å². The molecular weight excluding hydrogens is 172 g/mol. The fraction of sp³-hybridized carbons (Fsp3) is 0.500. The van der Waals surface area contributed by atoms with E-state index >= 15 is 0 Å². The molecule has 2 unspecified atom stereocenters. The Labute approximate surface area is 84.7 Å². The van der Waals surface area contributed by atoms with Crippen LogP contribution in [0.15, 0.2) is 18.2 Å². The molecular formula is C12H16N2. The first-order valence-corrected chi connectivity index (χ1v) is 5.42. The molecule has 74 valence electrons. The fourth-order valence-electron chi connectivity index (χ4n) is 2.68. The van der Waals surface area contributed by atoms with Crippen molar-refractivity contribution in [2.75, 3.05) is 18.4 Å². The molecule has 2 atom stereocenters. The standard InChI is InChI=1S/C12H16N2/c1-8-2-3-11-9(6-8)10-7-13-5-4-12(10)14-11/h2-3,6,10,12-14H,4-5,7H2,1H3. The van der Waals surface area contributed by atoms with E-state index in [0.717, 1.165) is 13.1 Å². The molecule has 1 fully saturated rings. The van der Waals surface area contributed by atoms with Gasteiger partial charge in [0, 0.05) is 24.2 Å². The summed E-state index contributed by atoms with van der Waals surface area (Å²) in [4.78, 5) is 0. The van der Waals surface area contributed by atoms with E-state index in [2.05, 4.69) is 35.8 Å². The van der Waals surface area contributed by atoms with Crippen LogP contribution in [0.25, 0.3) is 0 Å². The van der Waals surface area contributed by atoms with Crippen molar-refractivity contribution in [3.8, 4) is 0 Å². The van der Waals surface area contributed by atoms with Crippen molar-refractivity contribution in [2.24, 2.45) is 0 Å². The Bertz CT molecular complexity index is 359. The maximum absolute atomic E-state index is 3.62. The smallest absolute Gasteiger partial charge is 0.0379 e. The molecule has 0 radical (unpaired) electrons. The van der Waals surface area contributed by atoms with Crippen LogP contribution in [0.5, 0.6) is 0 Å². The summed E-state index contributed by atoms with van der Waals surface area (Å²) in [6, 6.07) is 7.42. The molecule has 2 heterocycles. The number of anilines is 1. The van der Waals surface area contributed by atoms with Gasteiger partial charge in [-0.2, -0.15) is 0 Å². The van der Waals surface area contributed by atoms with E-state index in [1.54, 1.807) is 0 Å². The van der Waals surface area contributed by atoms with E-state index in [1.807, 2.05) is 0 Å². The highest BCUT2D eigenvalue weighted by Gasteiger charge is 2.33. The second-order valence-electron chi connectivity index (χ2n) is 4.44. The van der Waals surface area contributed by atoms with Crippen molar-refractivity contribution in [1.82, 2.24) is 5.32 Å². The number of benzene rings is 1. The Morgan fingerprint density at radius 3 is 3.21 bits per heavy atom. The molecule has 0 amide bonds. The maximum atomic E-state index is 3.62. The highest BCUT2D eigenvalue weighted by atomic mass is 15.0. The first kappa shape index (κ1) is 8.30. The second kappa shape index (κ2) is 2.99. The van der Waals surface area contributed by atoms with E-state index in [4.69, 9.17) is 0 Å². The van der Waals surface area contributed by atoms with E-state index < -0.39 is 0 Å².